The van der Waals surface area contributed by atoms with Crippen LogP contribution in [0.15, 0.2) is 47.3 Å². The summed E-state index contributed by atoms with van der Waals surface area (Å²) in [6, 6.07) is 10.6. The molecule has 6 heteroatoms. The summed E-state index contributed by atoms with van der Waals surface area (Å²) in [6.45, 7) is 2.08. The summed E-state index contributed by atoms with van der Waals surface area (Å²) in [5.41, 5.74) is 0.252. The Hall–Kier alpha value is -2.24. The molecule has 0 fully saturated rings. The topological polar surface area (TPSA) is 34.0 Å². The molecule has 0 saturated heterocycles. The van der Waals surface area contributed by atoms with Gasteiger partial charge < -0.3 is 9.88 Å². The van der Waals surface area contributed by atoms with Crippen LogP contribution in [0.3, 0.4) is 0 Å². The minimum absolute atomic E-state index is 0.0527. The lowest BCUT2D eigenvalue weighted by atomic mass is 10.2. The molecule has 0 aliphatic carbocycles. The zero-order valence-corrected chi connectivity index (χ0v) is 11.4. The zero-order valence-electron chi connectivity index (χ0n) is 11.4. The molecule has 1 N–H and O–H groups in total. The van der Waals surface area contributed by atoms with Gasteiger partial charge in [-0.1, -0.05) is 24.3 Å². The van der Waals surface area contributed by atoms with Crippen molar-refractivity contribution in [3.8, 4) is 0 Å². The molecule has 0 unspecified atom stereocenters. The molecule has 2 aromatic rings. The van der Waals surface area contributed by atoms with Crippen LogP contribution in [0.2, 0.25) is 0 Å². The van der Waals surface area contributed by atoms with Crippen LogP contribution in [-0.4, -0.2) is 11.1 Å². The standard InChI is InChI=1S/C15H15F3N2O/c1-11-5-2-3-6-12(11)19-9-10-20-13(15(16,17)18)7-4-8-14(20)21/h2-8,19H,9-10H2,1H3. The molecule has 0 aliphatic rings. The number of nitrogens with one attached hydrogen (secondary N) is 1. The van der Waals surface area contributed by atoms with E-state index < -0.39 is 17.4 Å². The largest absolute Gasteiger partial charge is 0.431 e. The molecule has 1 heterocycles. The van der Waals surface area contributed by atoms with E-state index in [4.69, 9.17) is 0 Å². The number of hydrogen-bond donors (Lipinski definition) is 1. The molecule has 0 spiro atoms. The lowest BCUT2D eigenvalue weighted by molar-refractivity contribution is -0.144. The summed E-state index contributed by atoms with van der Waals surface area (Å²) < 4.78 is 39.3. The highest BCUT2D eigenvalue weighted by Crippen LogP contribution is 2.28. The van der Waals surface area contributed by atoms with Gasteiger partial charge in [0.1, 0.15) is 5.69 Å². The Kier molecular flexibility index (Phi) is 4.35. The normalized spacial score (nSPS) is 11.4. The molecule has 0 aliphatic heterocycles. The third-order valence-corrected chi connectivity index (χ3v) is 3.14. The molecule has 112 valence electrons. The Labute approximate surface area is 120 Å². The van der Waals surface area contributed by atoms with Crippen molar-refractivity contribution in [1.29, 1.82) is 0 Å². The van der Waals surface area contributed by atoms with Crippen LogP contribution < -0.4 is 10.9 Å². The van der Waals surface area contributed by atoms with Crippen LogP contribution in [0.25, 0.3) is 0 Å². The van der Waals surface area contributed by atoms with E-state index in [2.05, 4.69) is 5.32 Å². The van der Waals surface area contributed by atoms with Crippen molar-refractivity contribution in [3.63, 3.8) is 0 Å². The smallest absolute Gasteiger partial charge is 0.383 e. The fraction of sp³-hybridized carbons (Fsp3) is 0.267. The second kappa shape index (κ2) is 6.03. The molecule has 21 heavy (non-hydrogen) atoms. The lowest BCUT2D eigenvalue weighted by Gasteiger charge is -2.16. The number of anilines is 1. The number of pyridine rings is 1. The second-order valence-electron chi connectivity index (χ2n) is 4.64. The van der Waals surface area contributed by atoms with E-state index in [9.17, 15) is 18.0 Å². The summed E-state index contributed by atoms with van der Waals surface area (Å²) in [5, 5.41) is 3.04. The summed E-state index contributed by atoms with van der Waals surface area (Å²) in [6.07, 6.45) is -4.54. The van der Waals surface area contributed by atoms with Crippen LogP contribution in [0.5, 0.6) is 0 Å². The number of aryl methyl sites for hydroxylation is 1. The van der Waals surface area contributed by atoms with Gasteiger partial charge in [0.25, 0.3) is 5.56 Å². The molecule has 0 atom stereocenters. The molecule has 2 rings (SSSR count). The van der Waals surface area contributed by atoms with E-state index in [1.807, 2.05) is 31.2 Å². The Morgan fingerprint density at radius 2 is 1.81 bits per heavy atom. The monoisotopic (exact) mass is 296 g/mol. The second-order valence-corrected chi connectivity index (χ2v) is 4.64. The zero-order chi connectivity index (χ0) is 15.5. The molecule has 1 aromatic heterocycles. The maximum atomic E-state index is 12.9. The quantitative estimate of drug-likeness (QED) is 0.939. The fourth-order valence-electron chi connectivity index (χ4n) is 2.07. The number of aromatic nitrogens is 1. The van der Waals surface area contributed by atoms with Crippen LogP contribution in [0.1, 0.15) is 11.3 Å². The summed E-state index contributed by atoms with van der Waals surface area (Å²) in [4.78, 5) is 11.6. The minimum Gasteiger partial charge on any atom is -0.383 e. The van der Waals surface area contributed by atoms with Gasteiger partial charge in [-0.15, -0.1) is 0 Å². The average molecular weight is 296 g/mol. The molecule has 1 aromatic carbocycles. The lowest BCUT2D eigenvalue weighted by Crippen LogP contribution is -2.29. The summed E-state index contributed by atoms with van der Waals surface area (Å²) in [7, 11) is 0. The van der Waals surface area contributed by atoms with Crippen molar-refractivity contribution in [1.82, 2.24) is 4.57 Å². The van der Waals surface area contributed by atoms with Gasteiger partial charge in [0, 0.05) is 24.8 Å². The van der Waals surface area contributed by atoms with Gasteiger partial charge >= 0.3 is 6.18 Å². The van der Waals surface area contributed by atoms with Crippen molar-refractivity contribution in [2.75, 3.05) is 11.9 Å². The van der Waals surface area contributed by atoms with Gasteiger partial charge in [0.2, 0.25) is 0 Å². The van der Waals surface area contributed by atoms with E-state index in [0.29, 0.717) is 0 Å². The van der Waals surface area contributed by atoms with Gasteiger partial charge in [0.15, 0.2) is 0 Å². The third kappa shape index (κ3) is 3.65. The predicted octanol–water partition coefficient (Wildman–Crippen LogP) is 3.29. The van der Waals surface area contributed by atoms with Crippen LogP contribution in [0.4, 0.5) is 18.9 Å². The maximum absolute atomic E-state index is 12.9. The molecular weight excluding hydrogens is 281 g/mol. The van der Waals surface area contributed by atoms with Crippen LogP contribution >= 0.6 is 0 Å². The number of rotatable bonds is 4. The first-order chi connectivity index (χ1) is 9.89. The minimum atomic E-state index is -4.54. The van der Waals surface area contributed by atoms with Gasteiger partial charge in [-0.3, -0.25) is 4.79 Å². The number of nitrogens with zero attached hydrogens (tertiary/aromatic N) is 1. The number of hydrogen-bond acceptors (Lipinski definition) is 2. The van der Waals surface area contributed by atoms with E-state index in [1.54, 1.807) is 0 Å². The van der Waals surface area contributed by atoms with Crippen molar-refractivity contribution >= 4 is 5.69 Å². The van der Waals surface area contributed by atoms with Crippen LogP contribution in [0, 0.1) is 6.92 Å². The van der Waals surface area contributed by atoms with E-state index in [-0.39, 0.29) is 13.1 Å². The van der Waals surface area contributed by atoms with Crippen molar-refractivity contribution in [2.24, 2.45) is 0 Å². The molecule has 0 amide bonds. The highest BCUT2D eigenvalue weighted by atomic mass is 19.4. The highest BCUT2D eigenvalue weighted by Gasteiger charge is 2.33. The molecule has 3 nitrogen and oxygen atoms in total. The molecule has 0 bridgehead atoms. The van der Waals surface area contributed by atoms with Crippen LogP contribution in [-0.2, 0) is 12.7 Å². The van der Waals surface area contributed by atoms with Crippen molar-refractivity contribution < 1.29 is 13.2 Å². The number of halogens is 3. The number of alkyl halides is 3. The van der Waals surface area contributed by atoms with E-state index >= 15 is 0 Å². The third-order valence-electron chi connectivity index (χ3n) is 3.14. The Morgan fingerprint density at radius 3 is 2.48 bits per heavy atom. The highest BCUT2D eigenvalue weighted by molar-refractivity contribution is 5.50. The Balaban J connectivity index is 2.14. The summed E-state index contributed by atoms with van der Waals surface area (Å²) >= 11 is 0. The molecular formula is C15H15F3N2O. The van der Waals surface area contributed by atoms with Gasteiger partial charge in [-0.25, -0.2) is 0 Å². The van der Waals surface area contributed by atoms with Crippen molar-refractivity contribution in [3.05, 3.63) is 64.1 Å². The van der Waals surface area contributed by atoms with Gasteiger partial charge in [-0.05, 0) is 24.6 Å². The predicted molar refractivity (Wildman–Crippen MR) is 75.4 cm³/mol. The number of para-hydroxylation sites is 1. The first-order valence-electron chi connectivity index (χ1n) is 6.46. The average Bonchev–Trinajstić information content (AvgIpc) is 2.41. The Bertz CT molecular complexity index is 677. The van der Waals surface area contributed by atoms with Gasteiger partial charge in [0.05, 0.1) is 0 Å². The molecule has 0 saturated carbocycles. The first-order valence-corrected chi connectivity index (χ1v) is 6.46. The maximum Gasteiger partial charge on any atom is 0.431 e. The number of benzene rings is 1. The van der Waals surface area contributed by atoms with E-state index in [0.717, 1.165) is 34.0 Å². The SMILES string of the molecule is Cc1ccccc1NCCn1c(C(F)(F)F)cccc1=O. The molecule has 0 radical (unpaired) electrons. The Morgan fingerprint density at radius 1 is 1.10 bits per heavy atom. The van der Waals surface area contributed by atoms with Gasteiger partial charge in [-0.2, -0.15) is 13.2 Å². The first kappa shape index (κ1) is 15.2. The van der Waals surface area contributed by atoms with E-state index in [1.165, 1.54) is 0 Å². The summed E-state index contributed by atoms with van der Waals surface area (Å²) in [5.74, 6) is 0. The fourth-order valence-corrected chi connectivity index (χ4v) is 2.07. The van der Waals surface area contributed by atoms with Crippen molar-refractivity contribution in [2.45, 2.75) is 19.6 Å².